The Morgan fingerprint density at radius 3 is 2.55 bits per heavy atom. The highest BCUT2D eigenvalue weighted by Crippen LogP contribution is 2.16. The van der Waals surface area contributed by atoms with Crippen LogP contribution in [-0.4, -0.2) is 9.78 Å². The van der Waals surface area contributed by atoms with Crippen molar-refractivity contribution in [1.29, 1.82) is 0 Å². The van der Waals surface area contributed by atoms with Crippen LogP contribution in [-0.2, 0) is 11.4 Å². The maximum Gasteiger partial charge on any atom is 0.0644 e. The number of alkyl halides is 1. The summed E-state index contributed by atoms with van der Waals surface area (Å²) in [6, 6.07) is 1.94. The lowest BCUT2D eigenvalue weighted by molar-refractivity contribution is 0.347. The van der Waals surface area contributed by atoms with Gasteiger partial charge in [0.1, 0.15) is 0 Å². The van der Waals surface area contributed by atoms with Gasteiger partial charge in [0.05, 0.1) is 17.1 Å². The quantitative estimate of drug-likeness (QED) is 0.595. The van der Waals surface area contributed by atoms with E-state index < -0.39 is 0 Å². The van der Waals surface area contributed by atoms with E-state index in [1.807, 2.05) is 10.7 Å². The molecule has 62 valence electrons. The summed E-state index contributed by atoms with van der Waals surface area (Å²) in [5.74, 6) is 0.525. The first kappa shape index (κ1) is 8.60. The molecule has 0 aromatic carbocycles. The van der Waals surface area contributed by atoms with Crippen molar-refractivity contribution in [3.63, 3.8) is 0 Å². The molecule has 0 atom stereocenters. The molecule has 1 aromatic heterocycles. The first-order valence-corrected chi connectivity index (χ1v) is 4.18. The molecule has 0 saturated heterocycles. The summed E-state index contributed by atoms with van der Waals surface area (Å²) < 4.78 is 1.94. The zero-order valence-corrected chi connectivity index (χ0v) is 7.89. The van der Waals surface area contributed by atoms with Crippen LogP contribution in [0.1, 0.15) is 26.5 Å². The molecule has 0 aliphatic carbocycles. The third-order valence-corrected chi connectivity index (χ3v) is 1.77. The summed E-state index contributed by atoms with van der Waals surface area (Å²) in [5, 5.41) is 4.19. The van der Waals surface area contributed by atoms with Gasteiger partial charge in [0.25, 0.3) is 0 Å². The highest BCUT2D eigenvalue weighted by molar-refractivity contribution is 6.16. The molecule has 0 unspecified atom stereocenters. The number of aromatic nitrogens is 2. The predicted octanol–water partition coefficient (Wildman–Crippen LogP) is 2.38. The predicted molar refractivity (Wildman–Crippen MR) is 46.8 cm³/mol. The van der Waals surface area contributed by atoms with Crippen LogP contribution < -0.4 is 0 Å². The minimum absolute atomic E-state index is 0.0354. The second kappa shape index (κ2) is 2.86. The van der Waals surface area contributed by atoms with E-state index in [9.17, 15) is 0 Å². The van der Waals surface area contributed by atoms with Gasteiger partial charge in [-0.2, -0.15) is 5.10 Å². The van der Waals surface area contributed by atoms with Crippen molar-refractivity contribution >= 4 is 11.6 Å². The molecular formula is C8H13ClN2. The molecule has 2 nitrogen and oxygen atoms in total. The van der Waals surface area contributed by atoms with E-state index in [0.29, 0.717) is 5.88 Å². The van der Waals surface area contributed by atoms with Crippen LogP contribution in [0.15, 0.2) is 12.3 Å². The molecule has 0 bridgehead atoms. The average molecular weight is 173 g/mol. The van der Waals surface area contributed by atoms with Crippen molar-refractivity contribution in [3.8, 4) is 0 Å². The van der Waals surface area contributed by atoms with E-state index in [1.165, 1.54) is 0 Å². The minimum Gasteiger partial charge on any atom is -0.263 e. The van der Waals surface area contributed by atoms with Gasteiger partial charge in [0.2, 0.25) is 0 Å². The third-order valence-electron chi connectivity index (χ3n) is 1.49. The van der Waals surface area contributed by atoms with Gasteiger partial charge < -0.3 is 0 Å². The molecule has 1 heterocycles. The molecule has 0 fully saturated rings. The summed E-state index contributed by atoms with van der Waals surface area (Å²) >= 11 is 5.72. The number of nitrogens with zero attached hydrogens (tertiary/aromatic N) is 2. The smallest absolute Gasteiger partial charge is 0.0644 e. The Hall–Kier alpha value is -0.500. The van der Waals surface area contributed by atoms with Gasteiger partial charge in [-0.3, -0.25) is 4.68 Å². The van der Waals surface area contributed by atoms with E-state index in [-0.39, 0.29) is 5.54 Å². The van der Waals surface area contributed by atoms with Crippen molar-refractivity contribution in [2.24, 2.45) is 0 Å². The molecule has 0 saturated carbocycles. The molecule has 1 aromatic rings. The Morgan fingerprint density at radius 1 is 1.55 bits per heavy atom. The first-order chi connectivity index (χ1) is 5.05. The van der Waals surface area contributed by atoms with E-state index in [4.69, 9.17) is 11.6 Å². The van der Waals surface area contributed by atoms with Gasteiger partial charge in [-0.1, -0.05) is 0 Å². The van der Waals surface area contributed by atoms with Crippen LogP contribution in [0.4, 0.5) is 0 Å². The van der Waals surface area contributed by atoms with E-state index in [2.05, 4.69) is 25.9 Å². The van der Waals surface area contributed by atoms with Gasteiger partial charge >= 0.3 is 0 Å². The Kier molecular flexibility index (Phi) is 2.23. The zero-order chi connectivity index (χ0) is 8.48. The maximum absolute atomic E-state index is 5.72. The van der Waals surface area contributed by atoms with Crippen molar-refractivity contribution in [2.75, 3.05) is 0 Å². The summed E-state index contributed by atoms with van der Waals surface area (Å²) in [6.07, 6.45) is 1.78. The molecule has 11 heavy (non-hydrogen) atoms. The Morgan fingerprint density at radius 2 is 2.18 bits per heavy atom. The topological polar surface area (TPSA) is 17.8 Å². The highest BCUT2D eigenvalue weighted by Gasteiger charge is 2.15. The molecule has 0 amide bonds. The monoisotopic (exact) mass is 172 g/mol. The maximum atomic E-state index is 5.72. The molecule has 0 aliphatic heterocycles. The van der Waals surface area contributed by atoms with Crippen LogP contribution in [0.3, 0.4) is 0 Å². The lowest BCUT2D eigenvalue weighted by Gasteiger charge is -2.21. The van der Waals surface area contributed by atoms with Crippen molar-refractivity contribution in [3.05, 3.63) is 18.0 Å². The average Bonchev–Trinajstić information content (AvgIpc) is 2.31. The minimum atomic E-state index is 0.0354. The van der Waals surface area contributed by atoms with Gasteiger partial charge in [-0.25, -0.2) is 0 Å². The van der Waals surface area contributed by atoms with Crippen LogP contribution in [0.2, 0.25) is 0 Å². The molecule has 1 rings (SSSR count). The van der Waals surface area contributed by atoms with E-state index in [1.54, 1.807) is 6.20 Å². The number of hydrogen-bond acceptors (Lipinski definition) is 1. The van der Waals surface area contributed by atoms with Crippen molar-refractivity contribution < 1.29 is 0 Å². The molecular weight excluding hydrogens is 160 g/mol. The highest BCUT2D eigenvalue weighted by atomic mass is 35.5. The molecule has 3 heteroatoms. The fourth-order valence-electron chi connectivity index (χ4n) is 1.04. The second-order valence-electron chi connectivity index (χ2n) is 3.54. The Labute approximate surface area is 72.2 Å². The summed E-state index contributed by atoms with van der Waals surface area (Å²) in [4.78, 5) is 0. The second-order valence-corrected chi connectivity index (χ2v) is 3.81. The van der Waals surface area contributed by atoms with Crippen molar-refractivity contribution in [2.45, 2.75) is 32.2 Å². The van der Waals surface area contributed by atoms with E-state index >= 15 is 0 Å². The fraction of sp³-hybridized carbons (Fsp3) is 0.625. The van der Waals surface area contributed by atoms with Crippen LogP contribution >= 0.6 is 11.6 Å². The normalized spacial score (nSPS) is 12.0. The largest absolute Gasteiger partial charge is 0.263 e. The molecule has 0 aliphatic rings. The standard InChI is InChI=1S/C8H13ClN2/c1-8(2,3)11-7(6-9)4-5-10-11/h4-5H,6H2,1-3H3. The van der Waals surface area contributed by atoms with Gasteiger partial charge in [-0.05, 0) is 26.8 Å². The SMILES string of the molecule is CC(C)(C)n1nccc1CCl. The summed E-state index contributed by atoms with van der Waals surface area (Å²) in [5.41, 5.74) is 1.10. The first-order valence-electron chi connectivity index (χ1n) is 3.65. The van der Waals surface area contributed by atoms with Crippen LogP contribution in [0, 0.1) is 0 Å². The van der Waals surface area contributed by atoms with Gasteiger partial charge in [-0.15, -0.1) is 11.6 Å². The molecule has 0 spiro atoms. The Bertz CT molecular complexity index is 234. The van der Waals surface area contributed by atoms with Crippen LogP contribution in [0.5, 0.6) is 0 Å². The number of hydrogen-bond donors (Lipinski definition) is 0. The third kappa shape index (κ3) is 1.74. The molecule has 0 N–H and O–H groups in total. The lowest BCUT2D eigenvalue weighted by Crippen LogP contribution is -2.24. The van der Waals surface area contributed by atoms with Gasteiger partial charge in [0, 0.05) is 6.20 Å². The Balaban J connectivity index is 3.02. The van der Waals surface area contributed by atoms with Crippen LogP contribution in [0.25, 0.3) is 0 Å². The summed E-state index contributed by atoms with van der Waals surface area (Å²) in [6.45, 7) is 6.32. The molecule has 0 radical (unpaired) electrons. The fourth-order valence-corrected chi connectivity index (χ4v) is 1.24. The van der Waals surface area contributed by atoms with Crippen molar-refractivity contribution in [1.82, 2.24) is 9.78 Å². The van der Waals surface area contributed by atoms with Gasteiger partial charge in [0.15, 0.2) is 0 Å². The summed E-state index contributed by atoms with van der Waals surface area (Å²) in [7, 11) is 0. The number of rotatable bonds is 1. The zero-order valence-electron chi connectivity index (χ0n) is 7.13. The lowest BCUT2D eigenvalue weighted by atomic mass is 10.1. The van der Waals surface area contributed by atoms with E-state index in [0.717, 1.165) is 5.69 Å². The number of halogens is 1.